The zero-order valence-corrected chi connectivity index (χ0v) is 13.9. The Balaban J connectivity index is 2.61. The van der Waals surface area contributed by atoms with E-state index in [2.05, 4.69) is 0 Å². The van der Waals surface area contributed by atoms with Crippen LogP contribution in [0.5, 0.6) is 0 Å². The largest absolute Gasteiger partial charge is 0.378 e. The maximum absolute atomic E-state index is 14.0. The average Bonchev–Trinajstić information content (AvgIpc) is 2.65. The van der Waals surface area contributed by atoms with Gasteiger partial charge in [-0.05, 0) is 11.8 Å². The van der Waals surface area contributed by atoms with E-state index in [0.717, 1.165) is 0 Å². The van der Waals surface area contributed by atoms with E-state index in [4.69, 9.17) is 0 Å². The highest BCUT2D eigenvalue weighted by Gasteiger charge is 2.46. The molecular weight excluding hydrogens is 464 g/mol. The number of thioether (sulfide) groups is 1. The first-order valence-electron chi connectivity index (χ1n) is 6.25. The smallest absolute Gasteiger partial charge is 0.247 e. The van der Waals surface area contributed by atoms with E-state index in [1.165, 1.54) is 0 Å². The molecule has 2 rings (SSSR count). The van der Waals surface area contributed by atoms with Crippen molar-refractivity contribution in [3.8, 4) is 0 Å². The van der Waals surface area contributed by atoms with Gasteiger partial charge in [-0.3, -0.25) is 0 Å². The Morgan fingerprint density at radius 3 is 1.18 bits per heavy atom. The van der Waals surface area contributed by atoms with Gasteiger partial charge in [-0.1, -0.05) is 0 Å². The number of rotatable bonds is 4. The third kappa shape index (κ3) is 3.44. The van der Waals surface area contributed by atoms with Crippen molar-refractivity contribution < 1.29 is 56.9 Å². The van der Waals surface area contributed by atoms with Crippen LogP contribution in [0.2, 0.25) is 0 Å². The molecule has 15 heteroatoms. The number of alkyl halides is 2. The summed E-state index contributed by atoms with van der Waals surface area (Å²) >= 11 is -1.63. The Labute approximate surface area is 152 Å². The van der Waals surface area contributed by atoms with Gasteiger partial charge in [0.05, 0.1) is 4.90 Å². The van der Waals surface area contributed by atoms with E-state index in [-0.39, 0.29) is 0 Å². The van der Waals surface area contributed by atoms with E-state index in [1.807, 2.05) is 0 Å². The van der Waals surface area contributed by atoms with E-state index in [9.17, 15) is 56.9 Å². The molecule has 2 aromatic carbocycles. The summed E-state index contributed by atoms with van der Waals surface area (Å²) < 4.78 is 166. The molecule has 2 aromatic rings. The molecule has 0 saturated carbocycles. The van der Waals surface area contributed by atoms with Crippen LogP contribution >= 0.6 is 11.8 Å². The molecule has 0 amide bonds. The molecule has 0 aliphatic heterocycles. The molecule has 0 N–H and O–H groups in total. The fourth-order valence-corrected chi connectivity index (χ4v) is 3.84. The van der Waals surface area contributed by atoms with Crippen molar-refractivity contribution in [2.45, 2.75) is 14.4 Å². The van der Waals surface area contributed by atoms with Gasteiger partial charge in [-0.25, -0.2) is 48.1 Å². The Morgan fingerprint density at radius 1 is 0.536 bits per heavy atom. The minimum Gasteiger partial charge on any atom is -0.247 e. The fraction of sp³-hybridized carbons (Fsp3) is 0.0769. The SMILES string of the molecule is O=S(c1c(F)c(F)c(F)c(F)c1F)C(F)(F)Sc1c(F)c(F)c(F)c(F)c1F. The standard InChI is InChI=1S/C13F12OS2/c14-1-3(16)7(20)11(8(21)4(1)17)27-13(24,25)28(26)12-9(22)5(18)2(15)6(19)10(12)23. The molecule has 0 aliphatic carbocycles. The number of halogens is 12. The van der Waals surface area contributed by atoms with Crippen LogP contribution in [-0.2, 0) is 10.8 Å². The predicted octanol–water partition coefficient (Wildman–Crippen LogP) is 5.53. The first-order valence-corrected chi connectivity index (χ1v) is 8.22. The zero-order chi connectivity index (χ0) is 21.7. The molecular formula is C13F12OS2. The van der Waals surface area contributed by atoms with Crippen LogP contribution in [-0.4, -0.2) is 8.80 Å². The van der Waals surface area contributed by atoms with Crippen molar-refractivity contribution in [2.24, 2.45) is 0 Å². The van der Waals surface area contributed by atoms with Crippen LogP contribution in [0.15, 0.2) is 9.79 Å². The van der Waals surface area contributed by atoms with Gasteiger partial charge in [0.2, 0.25) is 11.6 Å². The molecule has 0 aliphatic rings. The monoisotopic (exact) mass is 464 g/mol. The Bertz CT molecular complexity index is 948. The second kappa shape index (κ2) is 7.50. The highest BCUT2D eigenvalue weighted by atomic mass is 32.2. The maximum atomic E-state index is 14.0. The van der Waals surface area contributed by atoms with Gasteiger partial charge < -0.3 is 0 Å². The van der Waals surface area contributed by atoms with Gasteiger partial charge in [-0.2, -0.15) is 8.78 Å². The minimum atomic E-state index is -5.29. The lowest BCUT2D eigenvalue weighted by molar-refractivity contribution is 0.202. The van der Waals surface area contributed by atoms with Gasteiger partial charge in [0.25, 0.3) is 0 Å². The molecule has 1 atom stereocenters. The molecule has 154 valence electrons. The van der Waals surface area contributed by atoms with Crippen molar-refractivity contribution in [3.63, 3.8) is 0 Å². The molecule has 0 radical (unpaired) electrons. The molecule has 1 unspecified atom stereocenters. The average molecular weight is 464 g/mol. The molecule has 0 saturated heterocycles. The van der Waals surface area contributed by atoms with Crippen molar-refractivity contribution >= 4 is 22.6 Å². The van der Waals surface area contributed by atoms with Crippen LogP contribution in [0.4, 0.5) is 52.7 Å². The van der Waals surface area contributed by atoms with E-state index in [1.54, 1.807) is 0 Å². The second-order valence-electron chi connectivity index (χ2n) is 4.63. The molecule has 0 fully saturated rings. The lowest BCUT2D eigenvalue weighted by Gasteiger charge is -2.17. The van der Waals surface area contributed by atoms with Gasteiger partial charge in [-0.15, -0.1) is 0 Å². The summed E-state index contributed by atoms with van der Waals surface area (Å²) in [6.45, 7) is 0. The quantitative estimate of drug-likeness (QED) is 0.256. The number of benzene rings is 2. The topological polar surface area (TPSA) is 17.1 Å². The first kappa shape index (κ1) is 22.4. The van der Waals surface area contributed by atoms with Gasteiger partial charge in [0.1, 0.15) is 15.7 Å². The van der Waals surface area contributed by atoms with Crippen LogP contribution in [0.1, 0.15) is 0 Å². The number of hydrogen-bond donors (Lipinski definition) is 0. The van der Waals surface area contributed by atoms with Crippen molar-refractivity contribution in [2.75, 3.05) is 0 Å². The summed E-state index contributed by atoms with van der Waals surface area (Å²) in [7, 11) is -4.52. The summed E-state index contributed by atoms with van der Waals surface area (Å²) in [5.41, 5.74) is 0. The lowest BCUT2D eigenvalue weighted by atomic mass is 10.3. The van der Waals surface area contributed by atoms with E-state index >= 15 is 0 Å². The summed E-state index contributed by atoms with van der Waals surface area (Å²) in [5.74, 6) is -27.8. The third-order valence-electron chi connectivity index (χ3n) is 2.96. The molecule has 0 bridgehead atoms. The summed E-state index contributed by atoms with van der Waals surface area (Å²) in [4.78, 5) is -4.85. The normalized spacial score (nSPS) is 13.1. The van der Waals surface area contributed by atoms with Gasteiger partial charge in [0.15, 0.2) is 46.5 Å². The minimum absolute atomic E-state index is 1.63. The fourth-order valence-electron chi connectivity index (χ4n) is 1.70. The maximum Gasteiger partial charge on any atom is 0.378 e. The summed E-state index contributed by atoms with van der Waals surface area (Å²) in [6, 6.07) is 0. The number of hydrogen-bond acceptors (Lipinski definition) is 2. The Kier molecular flexibility index (Phi) is 5.99. The predicted molar refractivity (Wildman–Crippen MR) is 69.7 cm³/mol. The zero-order valence-electron chi connectivity index (χ0n) is 12.3. The van der Waals surface area contributed by atoms with Crippen LogP contribution in [0.25, 0.3) is 0 Å². The van der Waals surface area contributed by atoms with Gasteiger partial charge >= 0.3 is 4.59 Å². The van der Waals surface area contributed by atoms with E-state index in [0.29, 0.717) is 0 Å². The van der Waals surface area contributed by atoms with Gasteiger partial charge in [0, 0.05) is 0 Å². The summed E-state index contributed by atoms with van der Waals surface area (Å²) in [6.07, 6.45) is 0. The van der Waals surface area contributed by atoms with Crippen molar-refractivity contribution in [1.82, 2.24) is 0 Å². The first-order chi connectivity index (χ1) is 12.7. The lowest BCUT2D eigenvalue weighted by Crippen LogP contribution is -2.23. The molecule has 0 spiro atoms. The van der Waals surface area contributed by atoms with Crippen molar-refractivity contribution in [3.05, 3.63) is 58.2 Å². The van der Waals surface area contributed by atoms with Crippen LogP contribution in [0.3, 0.4) is 0 Å². The Hall–Kier alpha value is -1.90. The molecule has 0 heterocycles. The second-order valence-corrected chi connectivity index (χ2v) is 7.47. The van der Waals surface area contributed by atoms with Crippen LogP contribution in [0, 0.1) is 58.2 Å². The van der Waals surface area contributed by atoms with Crippen molar-refractivity contribution in [1.29, 1.82) is 0 Å². The van der Waals surface area contributed by atoms with E-state index < -0.39 is 95.1 Å². The highest BCUT2D eigenvalue weighted by molar-refractivity contribution is 8.12. The van der Waals surface area contributed by atoms with Crippen LogP contribution < -0.4 is 0 Å². The molecule has 0 aromatic heterocycles. The Morgan fingerprint density at radius 2 is 0.821 bits per heavy atom. The summed E-state index contributed by atoms with van der Waals surface area (Å²) in [5, 5.41) is 0. The molecule has 1 nitrogen and oxygen atoms in total. The highest BCUT2D eigenvalue weighted by Crippen LogP contribution is 2.45. The molecule has 28 heavy (non-hydrogen) atoms. The third-order valence-corrected chi connectivity index (χ3v) is 5.63.